The predicted molar refractivity (Wildman–Crippen MR) is 81.7 cm³/mol. The lowest BCUT2D eigenvalue weighted by Gasteiger charge is -2.25. The molecule has 4 nitrogen and oxygen atoms in total. The summed E-state index contributed by atoms with van der Waals surface area (Å²) < 4.78 is 9.50. The molecule has 0 saturated heterocycles. The van der Waals surface area contributed by atoms with E-state index in [0.717, 1.165) is 16.1 Å². The molecule has 2 aromatic rings. The van der Waals surface area contributed by atoms with Crippen molar-refractivity contribution in [3.8, 4) is 11.1 Å². The van der Waals surface area contributed by atoms with Gasteiger partial charge in [-0.05, 0) is 24.0 Å². The van der Waals surface area contributed by atoms with E-state index >= 15 is 0 Å². The van der Waals surface area contributed by atoms with E-state index in [1.807, 2.05) is 25.2 Å². The molecular weight excluding hydrogens is 258 g/mol. The number of anilines is 2. The van der Waals surface area contributed by atoms with Crippen molar-refractivity contribution >= 4 is 22.4 Å². The Labute approximate surface area is 118 Å². The fraction of sp³-hybridized carbons (Fsp3) is 0.357. The number of hydrogen-bond acceptors (Lipinski definition) is 5. The molecule has 1 heterocycles. The third-order valence-electron chi connectivity index (χ3n) is 3.15. The summed E-state index contributed by atoms with van der Waals surface area (Å²) in [5.74, 6) is 0.586. The van der Waals surface area contributed by atoms with Gasteiger partial charge in [-0.25, -0.2) is 0 Å². The number of aromatic nitrogens is 1. The van der Waals surface area contributed by atoms with Crippen molar-refractivity contribution in [2.24, 2.45) is 0 Å². The Hall–Kier alpha value is -1.59. The van der Waals surface area contributed by atoms with Crippen molar-refractivity contribution < 1.29 is 4.74 Å². The zero-order valence-electron chi connectivity index (χ0n) is 11.5. The zero-order chi connectivity index (χ0) is 13.8. The second kappa shape index (κ2) is 6.04. The number of nitrogens with two attached hydrogens (primary N) is 1. The summed E-state index contributed by atoms with van der Waals surface area (Å²) in [6, 6.07) is 10.4. The van der Waals surface area contributed by atoms with Gasteiger partial charge in [0.25, 0.3) is 0 Å². The maximum Gasteiger partial charge on any atom is 0.147 e. The highest BCUT2D eigenvalue weighted by molar-refractivity contribution is 7.11. The number of methoxy groups -OCH3 is 1. The van der Waals surface area contributed by atoms with Crippen LogP contribution in [0, 0.1) is 0 Å². The van der Waals surface area contributed by atoms with Gasteiger partial charge in [-0.1, -0.05) is 30.3 Å². The molecule has 0 radical (unpaired) electrons. The van der Waals surface area contributed by atoms with E-state index in [1.165, 1.54) is 11.5 Å². The molecule has 1 atom stereocenters. The molecule has 0 bridgehead atoms. The van der Waals surface area contributed by atoms with Gasteiger partial charge in [-0.3, -0.25) is 0 Å². The minimum atomic E-state index is 0.271. The third kappa shape index (κ3) is 2.88. The normalized spacial score (nSPS) is 12.4. The Morgan fingerprint density at radius 1 is 1.37 bits per heavy atom. The first-order valence-electron chi connectivity index (χ1n) is 6.17. The van der Waals surface area contributed by atoms with E-state index in [1.54, 1.807) is 7.11 Å². The van der Waals surface area contributed by atoms with Crippen LogP contribution in [0.2, 0.25) is 0 Å². The summed E-state index contributed by atoms with van der Waals surface area (Å²) in [4.78, 5) is 2.17. The van der Waals surface area contributed by atoms with E-state index in [-0.39, 0.29) is 6.04 Å². The van der Waals surface area contributed by atoms with E-state index in [4.69, 9.17) is 10.5 Å². The second-order valence-electron chi connectivity index (χ2n) is 4.53. The van der Waals surface area contributed by atoms with E-state index < -0.39 is 0 Å². The van der Waals surface area contributed by atoms with Gasteiger partial charge >= 0.3 is 0 Å². The molecule has 19 heavy (non-hydrogen) atoms. The molecule has 2 rings (SSSR count). The molecule has 1 unspecified atom stereocenters. The summed E-state index contributed by atoms with van der Waals surface area (Å²) in [5.41, 5.74) is 8.13. The van der Waals surface area contributed by atoms with E-state index in [2.05, 4.69) is 28.3 Å². The second-order valence-corrected chi connectivity index (χ2v) is 5.28. The number of likely N-dealkylation sites (N-methyl/N-ethyl adjacent to an activating group) is 1. The Kier molecular flexibility index (Phi) is 4.39. The average molecular weight is 277 g/mol. The lowest BCUT2D eigenvalue weighted by Crippen LogP contribution is -2.32. The summed E-state index contributed by atoms with van der Waals surface area (Å²) in [6.07, 6.45) is 0. The van der Waals surface area contributed by atoms with Crippen LogP contribution in [0.3, 0.4) is 0 Å². The first-order valence-corrected chi connectivity index (χ1v) is 6.94. The lowest BCUT2D eigenvalue weighted by molar-refractivity contribution is 0.183. The van der Waals surface area contributed by atoms with Crippen molar-refractivity contribution in [1.82, 2.24) is 4.37 Å². The van der Waals surface area contributed by atoms with Gasteiger partial charge in [0.05, 0.1) is 12.2 Å². The molecule has 0 aliphatic carbocycles. The van der Waals surface area contributed by atoms with Crippen molar-refractivity contribution in [2.45, 2.75) is 13.0 Å². The Balaban J connectivity index is 2.38. The Morgan fingerprint density at radius 2 is 2.05 bits per heavy atom. The maximum atomic E-state index is 6.03. The van der Waals surface area contributed by atoms with Gasteiger partial charge in [0.1, 0.15) is 10.8 Å². The van der Waals surface area contributed by atoms with Crippen LogP contribution in [0.5, 0.6) is 0 Å². The number of rotatable bonds is 5. The highest BCUT2D eigenvalue weighted by Gasteiger charge is 2.20. The third-order valence-corrected chi connectivity index (χ3v) is 4.11. The fourth-order valence-electron chi connectivity index (χ4n) is 1.96. The standard InChI is InChI=1S/C14H19N3OS/c1-10(9-18-3)17(2)14-12(13(15)16-19-14)11-7-5-4-6-8-11/h4-8,10H,9H2,1-3H3,(H2,15,16). The quantitative estimate of drug-likeness (QED) is 0.913. The molecule has 0 fully saturated rings. The van der Waals surface area contributed by atoms with Gasteiger partial charge in [-0.15, -0.1) is 0 Å². The van der Waals surface area contributed by atoms with Crippen molar-refractivity contribution in [1.29, 1.82) is 0 Å². The predicted octanol–water partition coefficient (Wildman–Crippen LogP) is 2.86. The van der Waals surface area contributed by atoms with Crippen LogP contribution >= 0.6 is 11.5 Å². The molecule has 0 aliphatic heterocycles. The first-order chi connectivity index (χ1) is 9.15. The number of nitrogens with zero attached hydrogens (tertiary/aromatic N) is 2. The molecule has 2 N–H and O–H groups in total. The molecule has 0 amide bonds. The average Bonchev–Trinajstić information content (AvgIpc) is 2.81. The molecular formula is C14H19N3OS. The molecule has 0 aliphatic rings. The van der Waals surface area contributed by atoms with E-state index in [9.17, 15) is 0 Å². The Bertz CT molecular complexity index is 527. The van der Waals surface area contributed by atoms with Gasteiger partial charge in [-0.2, -0.15) is 4.37 Å². The maximum absolute atomic E-state index is 6.03. The lowest BCUT2D eigenvalue weighted by atomic mass is 10.1. The monoisotopic (exact) mass is 277 g/mol. The first kappa shape index (κ1) is 13.8. The number of nitrogen functional groups attached to an aromatic ring is 1. The Morgan fingerprint density at radius 3 is 2.68 bits per heavy atom. The number of benzene rings is 1. The molecule has 5 heteroatoms. The van der Waals surface area contributed by atoms with Crippen LogP contribution in [0.25, 0.3) is 11.1 Å². The largest absolute Gasteiger partial charge is 0.383 e. The molecule has 1 aromatic heterocycles. The molecule has 0 saturated carbocycles. The highest BCUT2D eigenvalue weighted by atomic mass is 32.1. The van der Waals surface area contributed by atoms with Crippen LogP contribution in [0.1, 0.15) is 6.92 Å². The van der Waals surface area contributed by atoms with Crippen molar-refractivity contribution in [3.05, 3.63) is 30.3 Å². The van der Waals surface area contributed by atoms with Crippen LogP contribution in [-0.2, 0) is 4.74 Å². The fourth-order valence-corrected chi connectivity index (χ4v) is 2.86. The van der Waals surface area contributed by atoms with Gasteiger partial charge in [0.2, 0.25) is 0 Å². The minimum Gasteiger partial charge on any atom is -0.383 e. The summed E-state index contributed by atoms with van der Waals surface area (Å²) in [7, 11) is 3.76. The van der Waals surface area contributed by atoms with Crippen LogP contribution in [-0.4, -0.2) is 31.2 Å². The topological polar surface area (TPSA) is 51.4 Å². The van der Waals surface area contributed by atoms with Crippen molar-refractivity contribution in [2.75, 3.05) is 31.4 Å². The highest BCUT2D eigenvalue weighted by Crippen LogP contribution is 2.39. The molecule has 0 spiro atoms. The number of hydrogen-bond donors (Lipinski definition) is 1. The van der Waals surface area contributed by atoms with Crippen molar-refractivity contribution in [3.63, 3.8) is 0 Å². The minimum absolute atomic E-state index is 0.271. The molecule has 1 aromatic carbocycles. The zero-order valence-corrected chi connectivity index (χ0v) is 12.3. The summed E-state index contributed by atoms with van der Waals surface area (Å²) in [6.45, 7) is 2.79. The summed E-state index contributed by atoms with van der Waals surface area (Å²) in [5, 5.41) is 1.08. The SMILES string of the molecule is COCC(C)N(C)c1snc(N)c1-c1ccccc1. The van der Waals surface area contributed by atoms with Crippen LogP contribution < -0.4 is 10.6 Å². The van der Waals surface area contributed by atoms with Crippen LogP contribution in [0.15, 0.2) is 30.3 Å². The smallest absolute Gasteiger partial charge is 0.147 e. The van der Waals surface area contributed by atoms with Crippen LogP contribution in [0.4, 0.5) is 10.8 Å². The van der Waals surface area contributed by atoms with Gasteiger partial charge in [0, 0.05) is 20.2 Å². The molecule has 102 valence electrons. The van der Waals surface area contributed by atoms with Gasteiger partial charge in [0.15, 0.2) is 0 Å². The van der Waals surface area contributed by atoms with E-state index in [0.29, 0.717) is 12.4 Å². The number of ether oxygens (including phenoxy) is 1. The van der Waals surface area contributed by atoms with Gasteiger partial charge < -0.3 is 15.4 Å². The summed E-state index contributed by atoms with van der Waals surface area (Å²) >= 11 is 1.43.